The van der Waals surface area contributed by atoms with Gasteiger partial charge >= 0.3 is 0 Å². The largest absolute Gasteiger partial charge is 0.491 e. The van der Waals surface area contributed by atoms with E-state index in [0.717, 1.165) is 11.1 Å². The Morgan fingerprint density at radius 3 is 2.51 bits per heavy atom. The Kier molecular flexibility index (Phi) is 6.36. The van der Waals surface area contributed by atoms with Crippen molar-refractivity contribution in [3.8, 4) is 5.75 Å². The van der Waals surface area contributed by atoms with E-state index < -0.39 is 17.8 Å². The molecule has 1 fully saturated rings. The molecule has 1 aliphatic heterocycles. The van der Waals surface area contributed by atoms with E-state index in [1.807, 2.05) is 25.1 Å². The zero-order chi connectivity index (χ0) is 24.9. The van der Waals surface area contributed by atoms with Crippen molar-refractivity contribution < 1.29 is 29.0 Å². The number of carbonyl (C=O) groups is 4. The molecule has 8 heteroatoms. The highest BCUT2D eigenvalue weighted by Crippen LogP contribution is 2.55. The number of carbonyl (C=O) groups excluding carboxylic acids is 4. The molecule has 182 valence electrons. The minimum absolute atomic E-state index is 0.0998. The molecule has 1 heterocycles. The molecule has 0 unspecified atom stereocenters. The first kappa shape index (κ1) is 23.9. The predicted molar refractivity (Wildman–Crippen MR) is 131 cm³/mol. The van der Waals surface area contributed by atoms with Crippen LogP contribution < -0.4 is 4.74 Å². The number of rotatable bonds is 6. The Labute approximate surface area is 211 Å². The van der Waals surface area contributed by atoms with Crippen molar-refractivity contribution in [1.29, 1.82) is 0 Å². The van der Waals surface area contributed by atoms with E-state index in [9.17, 15) is 19.2 Å². The average Bonchev–Trinajstić information content (AvgIpc) is 3.10. The van der Waals surface area contributed by atoms with E-state index in [1.165, 1.54) is 11.0 Å². The van der Waals surface area contributed by atoms with Crippen LogP contribution in [0.15, 0.2) is 57.6 Å². The maximum Gasteiger partial charge on any atom is 0.233 e. The number of allylic oxidation sites excluding steroid dienone is 6. The lowest BCUT2D eigenvalue weighted by Crippen LogP contribution is -2.39. The van der Waals surface area contributed by atoms with E-state index in [4.69, 9.17) is 9.84 Å². The van der Waals surface area contributed by atoms with E-state index in [2.05, 4.69) is 15.9 Å². The van der Waals surface area contributed by atoms with Gasteiger partial charge in [-0.15, -0.1) is 0 Å². The first-order chi connectivity index (χ1) is 16.9. The molecule has 0 spiro atoms. The molecule has 1 aromatic carbocycles. The number of amides is 2. The van der Waals surface area contributed by atoms with Crippen LogP contribution in [0, 0.1) is 17.8 Å². The highest BCUT2D eigenvalue weighted by Gasteiger charge is 2.56. The van der Waals surface area contributed by atoms with Crippen molar-refractivity contribution in [2.75, 3.05) is 19.8 Å². The van der Waals surface area contributed by atoms with Crippen LogP contribution in [0.1, 0.15) is 37.7 Å². The van der Waals surface area contributed by atoms with Gasteiger partial charge in [0.1, 0.15) is 12.4 Å². The second-order valence-electron chi connectivity index (χ2n) is 9.36. The molecule has 0 aromatic heterocycles. The summed E-state index contributed by atoms with van der Waals surface area (Å²) in [6.45, 7) is 2.40. The van der Waals surface area contributed by atoms with Crippen LogP contribution >= 0.6 is 15.9 Å². The lowest BCUT2D eigenvalue weighted by molar-refractivity contribution is -0.140. The van der Waals surface area contributed by atoms with Crippen LogP contribution in [0.5, 0.6) is 5.75 Å². The van der Waals surface area contributed by atoms with Gasteiger partial charge < -0.3 is 9.84 Å². The van der Waals surface area contributed by atoms with Gasteiger partial charge in [-0.2, -0.15) is 0 Å². The van der Waals surface area contributed by atoms with E-state index in [0.29, 0.717) is 36.3 Å². The summed E-state index contributed by atoms with van der Waals surface area (Å²) in [4.78, 5) is 54.2. The van der Waals surface area contributed by atoms with Gasteiger partial charge in [0.2, 0.25) is 11.8 Å². The zero-order valence-corrected chi connectivity index (χ0v) is 20.9. The smallest absolute Gasteiger partial charge is 0.233 e. The lowest BCUT2D eigenvalue weighted by Gasteiger charge is -2.42. The number of aliphatic hydroxyl groups excluding tert-OH is 1. The van der Waals surface area contributed by atoms with Gasteiger partial charge in [-0.25, -0.2) is 0 Å². The fourth-order valence-corrected chi connectivity index (χ4v) is 6.46. The Hall–Kier alpha value is -2.84. The van der Waals surface area contributed by atoms with Crippen molar-refractivity contribution in [2.45, 2.75) is 32.1 Å². The van der Waals surface area contributed by atoms with Crippen molar-refractivity contribution in [1.82, 2.24) is 4.90 Å². The number of hydrogen-bond donors (Lipinski definition) is 1. The number of Topliss-reactive ketones (excluding diaryl/α,β-unsaturated/α-hetero) is 1. The number of likely N-dealkylation sites (tertiary alicyclic amines) is 1. The molecule has 1 N–H and O–H groups in total. The summed E-state index contributed by atoms with van der Waals surface area (Å²) in [5, 5.41) is 9.02. The van der Waals surface area contributed by atoms with Gasteiger partial charge in [-0.3, -0.25) is 24.1 Å². The van der Waals surface area contributed by atoms with Crippen molar-refractivity contribution in [3.05, 3.63) is 63.2 Å². The Morgan fingerprint density at radius 2 is 1.83 bits per heavy atom. The normalized spacial score (nSPS) is 27.9. The summed E-state index contributed by atoms with van der Waals surface area (Å²) in [6, 6.07) is 7.26. The Morgan fingerprint density at radius 1 is 1.09 bits per heavy atom. The number of aliphatic hydroxyl groups is 1. The minimum atomic E-state index is -0.523. The molecular formula is C27H26BrNO6. The third-order valence-corrected chi connectivity index (χ3v) is 8.03. The minimum Gasteiger partial charge on any atom is -0.491 e. The molecular weight excluding hydrogens is 514 g/mol. The van der Waals surface area contributed by atoms with Crippen LogP contribution in [-0.4, -0.2) is 53.1 Å². The van der Waals surface area contributed by atoms with E-state index in [1.54, 1.807) is 12.1 Å². The second-order valence-corrected chi connectivity index (χ2v) is 10.2. The number of halogens is 1. The number of hydrogen-bond acceptors (Lipinski definition) is 6. The molecule has 4 atom stereocenters. The maximum atomic E-state index is 13.4. The first-order valence-corrected chi connectivity index (χ1v) is 12.7. The van der Waals surface area contributed by atoms with Crippen LogP contribution in [0.25, 0.3) is 0 Å². The van der Waals surface area contributed by atoms with Gasteiger partial charge in [-0.1, -0.05) is 30.7 Å². The van der Waals surface area contributed by atoms with Gasteiger partial charge in [0.05, 0.1) is 22.9 Å². The standard InChI is InChI=1S/C27H26BrNO6/c1-2-9-29-26(33)17-8-7-16-18(23(17)27(29)34)12-19-24(21(31)13-20(28)25(19)32)22(16)14-3-5-15(6-4-14)35-11-10-30/h3-7,13,17-18,22-23,30H,2,8-12H2,1H3/t17-,18+,22-,23-/m0/s1. The molecule has 2 amide bonds. The summed E-state index contributed by atoms with van der Waals surface area (Å²) in [7, 11) is 0. The van der Waals surface area contributed by atoms with Gasteiger partial charge in [-0.05, 0) is 58.8 Å². The fraction of sp³-hybridized carbons (Fsp3) is 0.407. The lowest BCUT2D eigenvalue weighted by atomic mass is 9.59. The van der Waals surface area contributed by atoms with Gasteiger partial charge in [0.15, 0.2) is 11.6 Å². The van der Waals surface area contributed by atoms with Gasteiger partial charge in [0.25, 0.3) is 0 Å². The molecule has 4 aliphatic rings. The van der Waals surface area contributed by atoms with Crippen LogP contribution in [0.3, 0.4) is 0 Å². The van der Waals surface area contributed by atoms with E-state index >= 15 is 0 Å². The first-order valence-electron chi connectivity index (χ1n) is 11.9. The van der Waals surface area contributed by atoms with Gasteiger partial charge in [0, 0.05) is 29.7 Å². The number of nitrogens with zero attached hydrogens (tertiary/aromatic N) is 1. The molecule has 0 bridgehead atoms. The van der Waals surface area contributed by atoms with Crippen molar-refractivity contribution in [3.63, 3.8) is 0 Å². The summed E-state index contributed by atoms with van der Waals surface area (Å²) >= 11 is 3.24. The van der Waals surface area contributed by atoms with Crippen LogP contribution in [-0.2, 0) is 19.2 Å². The number of imide groups is 1. The fourth-order valence-electron chi connectivity index (χ4n) is 6.02. The Balaban J connectivity index is 1.60. The van der Waals surface area contributed by atoms with Crippen LogP contribution in [0.2, 0.25) is 0 Å². The summed E-state index contributed by atoms with van der Waals surface area (Å²) in [6.07, 6.45) is 4.74. The topological polar surface area (TPSA) is 101 Å². The number of benzene rings is 1. The van der Waals surface area contributed by atoms with E-state index in [-0.39, 0.29) is 53.4 Å². The summed E-state index contributed by atoms with van der Waals surface area (Å²) in [5.74, 6) is -1.93. The van der Waals surface area contributed by atoms with Crippen molar-refractivity contribution in [2.24, 2.45) is 17.8 Å². The zero-order valence-electron chi connectivity index (χ0n) is 19.3. The number of ketones is 2. The Bertz CT molecular complexity index is 1210. The number of fused-ring (bicyclic) bond motifs is 3. The highest BCUT2D eigenvalue weighted by molar-refractivity contribution is 9.12. The molecule has 35 heavy (non-hydrogen) atoms. The maximum absolute atomic E-state index is 13.4. The summed E-state index contributed by atoms with van der Waals surface area (Å²) in [5.41, 5.74) is 2.62. The molecule has 5 rings (SSSR count). The number of ether oxygens (including phenoxy) is 1. The molecule has 0 radical (unpaired) electrons. The van der Waals surface area contributed by atoms with Crippen LogP contribution in [0.4, 0.5) is 0 Å². The molecule has 0 saturated carbocycles. The SMILES string of the molecule is CCCN1C(=O)[C@H]2[C@H](CC=C3[C@H](c4ccc(OCCO)cc4)C4=C(C[C@H]32)C(=O)C(Br)=CC4=O)C1=O. The average molecular weight is 540 g/mol. The second kappa shape index (κ2) is 9.32. The third kappa shape index (κ3) is 3.83. The molecule has 1 aromatic rings. The molecule has 3 aliphatic carbocycles. The van der Waals surface area contributed by atoms with Crippen molar-refractivity contribution >= 4 is 39.3 Å². The third-order valence-electron chi connectivity index (χ3n) is 7.44. The quantitative estimate of drug-likeness (QED) is 0.338. The molecule has 1 saturated heterocycles. The monoisotopic (exact) mass is 539 g/mol. The summed E-state index contributed by atoms with van der Waals surface area (Å²) < 4.78 is 5.70. The predicted octanol–water partition coefficient (Wildman–Crippen LogP) is 3.23. The molecule has 7 nitrogen and oxygen atoms in total. The highest BCUT2D eigenvalue weighted by atomic mass is 79.9.